The number of anilines is 1. The molecule has 0 radical (unpaired) electrons. The van der Waals surface area contributed by atoms with E-state index in [1.54, 1.807) is 0 Å². The highest BCUT2D eigenvalue weighted by Gasteiger charge is 2.07. The number of ether oxygens (including phenoxy) is 1. The van der Waals surface area contributed by atoms with Crippen molar-refractivity contribution in [1.82, 2.24) is 4.98 Å². The van der Waals surface area contributed by atoms with Crippen LogP contribution in [0.2, 0.25) is 0 Å². The number of carbonyl (C=O) groups excluding carboxylic acids is 1. The van der Waals surface area contributed by atoms with Gasteiger partial charge >= 0.3 is 5.97 Å². The summed E-state index contributed by atoms with van der Waals surface area (Å²) >= 11 is 0. The van der Waals surface area contributed by atoms with Gasteiger partial charge in [-0.3, -0.25) is 4.79 Å². The zero-order valence-electron chi connectivity index (χ0n) is 9.81. The second-order valence-electron chi connectivity index (χ2n) is 3.50. The molecule has 0 aliphatic heterocycles. The van der Waals surface area contributed by atoms with Crippen LogP contribution in [0.5, 0.6) is 0 Å². The van der Waals surface area contributed by atoms with E-state index in [1.807, 2.05) is 0 Å². The van der Waals surface area contributed by atoms with Crippen LogP contribution in [0.1, 0.15) is 16.9 Å². The molecule has 1 heterocycles. The topological polar surface area (TPSA) is 88.5 Å². The van der Waals surface area contributed by atoms with E-state index in [4.69, 9.17) is 5.11 Å². The summed E-state index contributed by atoms with van der Waals surface area (Å²) in [6.45, 7) is -0.820. The molecule has 0 saturated carbocycles. The molecule has 0 unspecified atom stereocenters. The number of rotatable bonds is 7. The van der Waals surface area contributed by atoms with Crippen LogP contribution in [-0.4, -0.2) is 41.6 Å². The van der Waals surface area contributed by atoms with Crippen molar-refractivity contribution < 1.29 is 28.2 Å². The number of nitrogens with one attached hydrogen (secondary N) is 1. The number of alkyl halides is 2. The lowest BCUT2D eigenvalue weighted by molar-refractivity contribution is -0.117. The summed E-state index contributed by atoms with van der Waals surface area (Å²) in [6, 6.07) is 2.62. The Morgan fingerprint density at radius 1 is 1.42 bits per heavy atom. The molecule has 0 spiro atoms. The predicted octanol–water partition coefficient (Wildman–Crippen LogP) is 1.39. The minimum absolute atomic E-state index is 0.0760. The van der Waals surface area contributed by atoms with E-state index >= 15 is 0 Å². The Morgan fingerprint density at radius 3 is 2.68 bits per heavy atom. The molecule has 0 saturated heterocycles. The van der Waals surface area contributed by atoms with Gasteiger partial charge in [0.15, 0.2) is 0 Å². The third-order valence-electron chi connectivity index (χ3n) is 1.98. The fourth-order valence-electron chi connectivity index (χ4n) is 1.16. The first-order valence-electron chi connectivity index (χ1n) is 5.34. The maximum absolute atomic E-state index is 11.7. The third kappa shape index (κ3) is 5.87. The summed E-state index contributed by atoms with van der Waals surface area (Å²) in [4.78, 5) is 25.5. The Kier molecular flexibility index (Phi) is 5.80. The molecule has 1 amide bonds. The van der Waals surface area contributed by atoms with Gasteiger partial charge in [0.25, 0.3) is 6.43 Å². The number of aromatic nitrogens is 1. The molecule has 1 aromatic heterocycles. The van der Waals surface area contributed by atoms with Crippen LogP contribution in [0, 0.1) is 0 Å². The van der Waals surface area contributed by atoms with Crippen molar-refractivity contribution in [2.24, 2.45) is 0 Å². The SMILES string of the molecule is O=C(CCOCC(F)F)Nc1ccc(C(=O)O)nc1. The summed E-state index contributed by atoms with van der Waals surface area (Å²) in [7, 11) is 0. The molecular weight excluding hydrogens is 262 g/mol. The first-order valence-corrected chi connectivity index (χ1v) is 5.34. The maximum Gasteiger partial charge on any atom is 0.354 e. The number of halogens is 2. The number of hydrogen-bond donors (Lipinski definition) is 2. The van der Waals surface area contributed by atoms with Crippen molar-refractivity contribution in [1.29, 1.82) is 0 Å². The van der Waals surface area contributed by atoms with Crippen LogP contribution in [0.15, 0.2) is 18.3 Å². The van der Waals surface area contributed by atoms with Crippen LogP contribution < -0.4 is 5.32 Å². The van der Waals surface area contributed by atoms with E-state index in [0.29, 0.717) is 5.69 Å². The number of nitrogens with zero attached hydrogens (tertiary/aromatic N) is 1. The standard InChI is InChI=1S/C11H12F2N2O4/c12-9(13)6-19-4-3-10(16)15-7-1-2-8(11(17)18)14-5-7/h1-2,5,9H,3-4,6H2,(H,15,16)(H,17,18). The molecule has 8 heteroatoms. The average Bonchev–Trinajstić information content (AvgIpc) is 2.35. The molecule has 0 atom stereocenters. The summed E-state index contributed by atoms with van der Waals surface area (Å²) < 4.78 is 28.0. The second kappa shape index (κ2) is 7.37. The van der Waals surface area contributed by atoms with E-state index in [-0.39, 0.29) is 18.7 Å². The van der Waals surface area contributed by atoms with Crippen molar-refractivity contribution in [3.63, 3.8) is 0 Å². The van der Waals surface area contributed by atoms with Crippen molar-refractivity contribution in [2.75, 3.05) is 18.5 Å². The number of aromatic carboxylic acids is 1. The van der Waals surface area contributed by atoms with E-state index in [0.717, 1.165) is 0 Å². The molecule has 0 aromatic carbocycles. The van der Waals surface area contributed by atoms with Crippen LogP contribution in [0.3, 0.4) is 0 Å². The van der Waals surface area contributed by atoms with Gasteiger partial charge < -0.3 is 15.2 Å². The van der Waals surface area contributed by atoms with Crippen LogP contribution in [0.4, 0.5) is 14.5 Å². The number of pyridine rings is 1. The van der Waals surface area contributed by atoms with Crippen LogP contribution in [-0.2, 0) is 9.53 Å². The lowest BCUT2D eigenvalue weighted by Crippen LogP contribution is -2.16. The number of hydrogen-bond acceptors (Lipinski definition) is 4. The molecular formula is C11H12F2N2O4. The Labute approximate surface area is 107 Å². The number of carbonyl (C=O) groups is 2. The molecule has 6 nitrogen and oxygen atoms in total. The Morgan fingerprint density at radius 2 is 2.16 bits per heavy atom. The van der Waals surface area contributed by atoms with Gasteiger partial charge in [-0.1, -0.05) is 0 Å². The van der Waals surface area contributed by atoms with E-state index in [9.17, 15) is 18.4 Å². The van der Waals surface area contributed by atoms with Gasteiger partial charge in [-0.05, 0) is 12.1 Å². The molecule has 0 bridgehead atoms. The van der Waals surface area contributed by atoms with Gasteiger partial charge in [0.05, 0.1) is 24.9 Å². The highest BCUT2D eigenvalue weighted by Crippen LogP contribution is 2.06. The molecule has 0 aliphatic carbocycles. The predicted molar refractivity (Wildman–Crippen MR) is 61.3 cm³/mol. The Hall–Kier alpha value is -2.09. The van der Waals surface area contributed by atoms with Gasteiger partial charge in [0.2, 0.25) is 5.91 Å². The van der Waals surface area contributed by atoms with Gasteiger partial charge in [0.1, 0.15) is 12.3 Å². The number of carboxylic acid groups (broad SMARTS) is 1. The summed E-state index contributed by atoms with van der Waals surface area (Å²) in [5, 5.41) is 11.1. The molecule has 1 aromatic rings. The monoisotopic (exact) mass is 274 g/mol. The van der Waals surface area contributed by atoms with Crippen LogP contribution >= 0.6 is 0 Å². The normalized spacial score (nSPS) is 10.5. The quantitative estimate of drug-likeness (QED) is 0.733. The maximum atomic E-state index is 11.7. The number of carboxylic acids is 1. The Bertz CT molecular complexity index is 437. The number of amides is 1. The first kappa shape index (κ1) is 15.0. The smallest absolute Gasteiger partial charge is 0.354 e. The lowest BCUT2D eigenvalue weighted by atomic mass is 10.3. The molecule has 2 N–H and O–H groups in total. The average molecular weight is 274 g/mol. The van der Waals surface area contributed by atoms with Gasteiger partial charge in [-0.15, -0.1) is 0 Å². The van der Waals surface area contributed by atoms with Gasteiger partial charge in [0, 0.05) is 0 Å². The fraction of sp³-hybridized carbons (Fsp3) is 0.364. The summed E-state index contributed by atoms with van der Waals surface area (Å²) in [6.07, 6.45) is -1.44. The molecule has 104 valence electrons. The van der Waals surface area contributed by atoms with Gasteiger partial charge in [-0.25, -0.2) is 18.6 Å². The van der Waals surface area contributed by atoms with E-state index < -0.39 is 24.9 Å². The molecule has 1 rings (SSSR count). The third-order valence-corrected chi connectivity index (χ3v) is 1.98. The summed E-state index contributed by atoms with van der Waals surface area (Å²) in [5.41, 5.74) is 0.183. The lowest BCUT2D eigenvalue weighted by Gasteiger charge is -2.05. The fourth-order valence-corrected chi connectivity index (χ4v) is 1.16. The largest absolute Gasteiger partial charge is 0.477 e. The highest BCUT2D eigenvalue weighted by atomic mass is 19.3. The zero-order chi connectivity index (χ0) is 14.3. The van der Waals surface area contributed by atoms with Crippen LogP contribution in [0.25, 0.3) is 0 Å². The molecule has 0 fully saturated rings. The van der Waals surface area contributed by atoms with Gasteiger partial charge in [-0.2, -0.15) is 0 Å². The second-order valence-corrected chi connectivity index (χ2v) is 3.50. The van der Waals surface area contributed by atoms with E-state index in [1.165, 1.54) is 18.3 Å². The van der Waals surface area contributed by atoms with Crippen molar-refractivity contribution >= 4 is 17.6 Å². The van der Waals surface area contributed by atoms with E-state index in [2.05, 4.69) is 15.0 Å². The summed E-state index contributed by atoms with van der Waals surface area (Å²) in [5.74, 6) is -1.60. The van der Waals surface area contributed by atoms with Crippen molar-refractivity contribution in [3.05, 3.63) is 24.0 Å². The first-order chi connectivity index (χ1) is 8.99. The molecule has 0 aliphatic rings. The van der Waals surface area contributed by atoms with Crippen molar-refractivity contribution in [2.45, 2.75) is 12.8 Å². The van der Waals surface area contributed by atoms with Crippen molar-refractivity contribution in [3.8, 4) is 0 Å². The minimum Gasteiger partial charge on any atom is -0.477 e. The Balaban J connectivity index is 2.34. The minimum atomic E-state index is -2.56. The highest BCUT2D eigenvalue weighted by molar-refractivity contribution is 5.91. The zero-order valence-corrected chi connectivity index (χ0v) is 9.81. The molecule has 19 heavy (non-hydrogen) atoms.